The van der Waals surface area contributed by atoms with Crippen LogP contribution in [-0.2, 0) is 0 Å². The Morgan fingerprint density at radius 2 is 1.48 bits per heavy atom. The van der Waals surface area contributed by atoms with Crippen molar-refractivity contribution in [3.63, 3.8) is 0 Å². The quantitative estimate of drug-likeness (QED) is 0.502. The van der Waals surface area contributed by atoms with Crippen LogP contribution in [0.2, 0.25) is 0 Å². The lowest BCUT2D eigenvalue weighted by Crippen LogP contribution is -2.27. The van der Waals surface area contributed by atoms with E-state index in [0.717, 1.165) is 23.0 Å². The van der Waals surface area contributed by atoms with Crippen LogP contribution in [-0.4, -0.2) is 30.3 Å². The molecule has 0 saturated heterocycles. The molecular weight excluding hydrogens is 326 g/mol. The molecule has 0 bridgehead atoms. The summed E-state index contributed by atoms with van der Waals surface area (Å²) in [4.78, 5) is 14.6. The summed E-state index contributed by atoms with van der Waals surface area (Å²) in [6.45, 7) is 7.85. The van der Waals surface area contributed by atoms with Crippen molar-refractivity contribution in [3.8, 4) is 0 Å². The first-order chi connectivity index (χ1) is 10.2. The van der Waals surface area contributed by atoms with Gasteiger partial charge in [-0.2, -0.15) is 0 Å². The van der Waals surface area contributed by atoms with Crippen molar-refractivity contribution in [3.05, 3.63) is 34.3 Å². The van der Waals surface area contributed by atoms with Crippen LogP contribution in [0.25, 0.3) is 0 Å². The van der Waals surface area contributed by atoms with Gasteiger partial charge in [0.15, 0.2) is 5.78 Å². The Morgan fingerprint density at radius 1 is 0.952 bits per heavy atom. The molecule has 0 saturated carbocycles. The number of ketones is 1. The molecule has 0 aliphatic heterocycles. The largest absolute Gasteiger partial charge is 0.303 e. The summed E-state index contributed by atoms with van der Waals surface area (Å²) in [5.41, 5.74) is 0.826. The summed E-state index contributed by atoms with van der Waals surface area (Å²) in [6, 6.07) is 7.67. The van der Waals surface area contributed by atoms with Gasteiger partial charge in [-0.1, -0.05) is 54.8 Å². The number of nitrogens with zero attached hydrogens (tertiary/aromatic N) is 1. The Kier molecular flexibility index (Phi) is 9.60. The summed E-state index contributed by atoms with van der Waals surface area (Å²) >= 11 is 3.40. The fourth-order valence-corrected chi connectivity index (χ4v) is 2.61. The highest BCUT2D eigenvalue weighted by molar-refractivity contribution is 9.10. The molecule has 0 aromatic heterocycles. The Labute approximate surface area is 138 Å². The summed E-state index contributed by atoms with van der Waals surface area (Å²) in [7, 11) is 0. The van der Waals surface area contributed by atoms with E-state index in [4.69, 9.17) is 0 Å². The first-order valence-corrected chi connectivity index (χ1v) is 8.97. The zero-order valence-corrected chi connectivity index (χ0v) is 15.0. The highest BCUT2D eigenvalue weighted by Gasteiger charge is 2.08. The van der Waals surface area contributed by atoms with Crippen molar-refractivity contribution >= 4 is 21.7 Å². The van der Waals surface area contributed by atoms with Gasteiger partial charge in [0.25, 0.3) is 0 Å². The molecule has 0 heterocycles. The third kappa shape index (κ3) is 7.77. The van der Waals surface area contributed by atoms with Crippen LogP contribution in [0.1, 0.15) is 62.7 Å². The topological polar surface area (TPSA) is 20.3 Å². The number of carbonyl (C=O) groups is 1. The Morgan fingerprint density at radius 3 is 2.00 bits per heavy atom. The number of halogens is 1. The number of unbranched alkanes of at least 4 members (excludes halogenated alkanes) is 2. The van der Waals surface area contributed by atoms with Crippen LogP contribution >= 0.6 is 15.9 Å². The van der Waals surface area contributed by atoms with Crippen molar-refractivity contribution in [1.29, 1.82) is 0 Å². The number of carbonyl (C=O) groups excluding carboxylic acids is 1. The minimum atomic E-state index is 0.258. The van der Waals surface area contributed by atoms with E-state index in [2.05, 4.69) is 34.7 Å². The molecule has 1 aromatic carbocycles. The molecule has 0 aliphatic rings. The van der Waals surface area contributed by atoms with E-state index < -0.39 is 0 Å². The maximum absolute atomic E-state index is 12.1. The van der Waals surface area contributed by atoms with Gasteiger partial charge in [-0.15, -0.1) is 0 Å². The van der Waals surface area contributed by atoms with Crippen LogP contribution < -0.4 is 0 Å². The number of hydrogen-bond acceptors (Lipinski definition) is 2. The summed E-state index contributed by atoms with van der Waals surface area (Å²) in [5.74, 6) is 0.258. The minimum Gasteiger partial charge on any atom is -0.303 e. The van der Waals surface area contributed by atoms with Gasteiger partial charge in [-0.3, -0.25) is 4.79 Å². The lowest BCUT2D eigenvalue weighted by molar-refractivity contribution is 0.0974. The predicted molar refractivity (Wildman–Crippen MR) is 94.0 cm³/mol. The van der Waals surface area contributed by atoms with Crippen LogP contribution in [0.3, 0.4) is 0 Å². The second-order valence-corrected chi connectivity index (χ2v) is 6.50. The molecule has 0 aliphatic carbocycles. The minimum absolute atomic E-state index is 0.258. The molecule has 0 fully saturated rings. The van der Waals surface area contributed by atoms with Crippen LogP contribution in [0.5, 0.6) is 0 Å². The van der Waals surface area contributed by atoms with Crippen molar-refractivity contribution in [2.75, 3.05) is 19.6 Å². The van der Waals surface area contributed by atoms with Crippen molar-refractivity contribution in [2.45, 2.75) is 52.4 Å². The summed E-state index contributed by atoms with van der Waals surface area (Å²) < 4.78 is 1.02. The first-order valence-electron chi connectivity index (χ1n) is 8.18. The summed E-state index contributed by atoms with van der Waals surface area (Å²) in [5, 5.41) is 0. The number of Topliss-reactive ketones (excluding diaryl/α,β-unsaturated/α-hetero) is 1. The average Bonchev–Trinajstić information content (AvgIpc) is 2.50. The van der Waals surface area contributed by atoms with Crippen molar-refractivity contribution in [2.24, 2.45) is 0 Å². The van der Waals surface area contributed by atoms with Gasteiger partial charge < -0.3 is 4.90 Å². The molecule has 3 heteroatoms. The van der Waals surface area contributed by atoms with E-state index in [1.807, 2.05) is 24.3 Å². The maximum atomic E-state index is 12.1. The van der Waals surface area contributed by atoms with Gasteiger partial charge in [0, 0.05) is 16.5 Å². The molecular formula is C18H28BrNO. The zero-order chi connectivity index (χ0) is 15.5. The number of hydrogen-bond donors (Lipinski definition) is 0. The zero-order valence-electron chi connectivity index (χ0n) is 13.4. The van der Waals surface area contributed by atoms with E-state index in [0.29, 0.717) is 6.42 Å². The van der Waals surface area contributed by atoms with Gasteiger partial charge >= 0.3 is 0 Å². The van der Waals surface area contributed by atoms with Gasteiger partial charge in [0.05, 0.1) is 0 Å². The highest BCUT2D eigenvalue weighted by Crippen LogP contribution is 2.13. The second-order valence-electron chi connectivity index (χ2n) is 5.58. The van der Waals surface area contributed by atoms with Crippen LogP contribution in [0, 0.1) is 0 Å². The maximum Gasteiger partial charge on any atom is 0.162 e. The molecule has 0 unspecified atom stereocenters. The van der Waals surface area contributed by atoms with Crippen LogP contribution in [0.15, 0.2) is 28.7 Å². The second kappa shape index (κ2) is 11.0. The Bertz CT molecular complexity index is 394. The Hall–Kier alpha value is -0.670. The van der Waals surface area contributed by atoms with E-state index in [9.17, 15) is 4.79 Å². The third-order valence-corrected chi connectivity index (χ3v) is 4.23. The highest BCUT2D eigenvalue weighted by atomic mass is 79.9. The van der Waals surface area contributed by atoms with E-state index in [1.165, 1.54) is 38.8 Å². The average molecular weight is 354 g/mol. The molecule has 0 N–H and O–H groups in total. The fourth-order valence-electron chi connectivity index (χ4n) is 2.34. The predicted octanol–water partition coefficient (Wildman–Crippen LogP) is 5.31. The van der Waals surface area contributed by atoms with Crippen molar-refractivity contribution in [1.82, 2.24) is 4.90 Å². The Balaban J connectivity index is 2.34. The molecule has 0 atom stereocenters. The number of rotatable bonds is 11. The van der Waals surface area contributed by atoms with Crippen LogP contribution in [0.4, 0.5) is 0 Å². The molecule has 0 radical (unpaired) electrons. The lowest BCUT2D eigenvalue weighted by atomic mass is 10.1. The first kappa shape index (κ1) is 18.4. The SMILES string of the molecule is CCCCN(CCCC)CCCC(=O)c1ccc(Br)cc1. The standard InChI is InChI=1S/C18H28BrNO/c1-3-5-13-20(14-6-4-2)15-7-8-18(21)16-9-11-17(19)12-10-16/h9-12H,3-8,13-15H2,1-2H3. The van der Waals surface area contributed by atoms with Gasteiger partial charge in [-0.05, 0) is 51.0 Å². The van der Waals surface area contributed by atoms with E-state index in [-0.39, 0.29) is 5.78 Å². The number of benzene rings is 1. The molecule has 1 rings (SSSR count). The smallest absolute Gasteiger partial charge is 0.162 e. The monoisotopic (exact) mass is 353 g/mol. The molecule has 0 amide bonds. The third-order valence-electron chi connectivity index (χ3n) is 3.70. The van der Waals surface area contributed by atoms with Gasteiger partial charge in [0.1, 0.15) is 0 Å². The van der Waals surface area contributed by atoms with Crippen molar-refractivity contribution < 1.29 is 4.79 Å². The molecule has 0 spiro atoms. The van der Waals surface area contributed by atoms with E-state index >= 15 is 0 Å². The molecule has 21 heavy (non-hydrogen) atoms. The lowest BCUT2D eigenvalue weighted by Gasteiger charge is -2.21. The molecule has 1 aromatic rings. The van der Waals surface area contributed by atoms with E-state index in [1.54, 1.807) is 0 Å². The van der Waals surface area contributed by atoms with Gasteiger partial charge in [0.2, 0.25) is 0 Å². The fraction of sp³-hybridized carbons (Fsp3) is 0.611. The molecule has 2 nitrogen and oxygen atoms in total. The normalized spacial score (nSPS) is 11.0. The molecule has 118 valence electrons. The summed E-state index contributed by atoms with van der Waals surface area (Å²) in [6.07, 6.45) is 6.59. The van der Waals surface area contributed by atoms with Gasteiger partial charge in [-0.25, -0.2) is 0 Å².